The summed E-state index contributed by atoms with van der Waals surface area (Å²) >= 11 is 0. The smallest absolute Gasteiger partial charge is 0.320 e. The van der Waals surface area contributed by atoms with Crippen molar-refractivity contribution in [2.75, 3.05) is 38.6 Å². The fourth-order valence-corrected chi connectivity index (χ4v) is 3.06. The Labute approximate surface area is 178 Å². The highest BCUT2D eigenvalue weighted by atomic mass is 16.5. The van der Waals surface area contributed by atoms with E-state index in [-0.39, 0.29) is 6.01 Å². The Morgan fingerprint density at radius 3 is 2.39 bits per heavy atom. The first kappa shape index (κ1) is 20.1. The number of aromatic nitrogens is 3. The summed E-state index contributed by atoms with van der Waals surface area (Å²) in [4.78, 5) is 6.24. The topological polar surface area (TPSA) is 108 Å². The summed E-state index contributed by atoms with van der Waals surface area (Å²) < 4.78 is 27.4. The van der Waals surface area contributed by atoms with Gasteiger partial charge in [0.15, 0.2) is 11.5 Å². The van der Waals surface area contributed by atoms with Crippen LogP contribution in [0.5, 0.6) is 17.2 Å². The molecule has 0 amide bonds. The van der Waals surface area contributed by atoms with Crippen molar-refractivity contribution in [1.29, 1.82) is 0 Å². The third-order valence-electron chi connectivity index (χ3n) is 4.51. The molecule has 0 aliphatic heterocycles. The molecule has 160 valence electrons. The molecule has 3 heterocycles. The predicted octanol–water partition coefficient (Wildman–Crippen LogP) is 4.26. The third kappa shape index (κ3) is 3.95. The van der Waals surface area contributed by atoms with Crippen LogP contribution in [0.15, 0.2) is 57.7 Å². The first-order valence-electron chi connectivity index (χ1n) is 9.27. The van der Waals surface area contributed by atoms with Crippen molar-refractivity contribution in [3.8, 4) is 28.7 Å². The van der Waals surface area contributed by atoms with E-state index < -0.39 is 0 Å². The second kappa shape index (κ2) is 8.66. The van der Waals surface area contributed by atoms with Gasteiger partial charge in [0.25, 0.3) is 5.89 Å². The van der Waals surface area contributed by atoms with Gasteiger partial charge in [0, 0.05) is 31.4 Å². The van der Waals surface area contributed by atoms with E-state index in [2.05, 4.69) is 20.5 Å². The molecule has 0 radical (unpaired) electrons. The van der Waals surface area contributed by atoms with E-state index in [0.717, 1.165) is 0 Å². The molecule has 0 aliphatic rings. The lowest BCUT2D eigenvalue weighted by Gasteiger charge is -2.16. The molecule has 4 aromatic rings. The summed E-state index contributed by atoms with van der Waals surface area (Å²) in [6.07, 6.45) is 3.28. The molecule has 10 nitrogen and oxygen atoms in total. The molecule has 10 heteroatoms. The molecule has 31 heavy (non-hydrogen) atoms. The first-order valence-corrected chi connectivity index (χ1v) is 9.27. The number of ether oxygens (including phenoxy) is 3. The molecular weight excluding hydrogens is 402 g/mol. The van der Waals surface area contributed by atoms with Crippen LogP contribution in [0.3, 0.4) is 0 Å². The molecule has 0 unspecified atom stereocenters. The van der Waals surface area contributed by atoms with Crippen molar-refractivity contribution in [2.24, 2.45) is 0 Å². The Balaban J connectivity index is 1.63. The lowest BCUT2D eigenvalue weighted by atomic mass is 10.2. The number of hydrogen-bond acceptors (Lipinski definition) is 10. The Bertz CT molecular complexity index is 1130. The second-order valence-corrected chi connectivity index (χ2v) is 6.34. The Morgan fingerprint density at radius 1 is 0.968 bits per heavy atom. The number of nitrogens with zero attached hydrogens (tertiary/aromatic N) is 4. The molecule has 0 saturated heterocycles. The van der Waals surface area contributed by atoms with E-state index in [1.165, 1.54) is 0 Å². The Hall–Kier alpha value is -4.21. The fourth-order valence-electron chi connectivity index (χ4n) is 3.06. The van der Waals surface area contributed by atoms with Gasteiger partial charge in [-0.2, -0.15) is 0 Å². The zero-order valence-electron chi connectivity index (χ0n) is 17.4. The van der Waals surface area contributed by atoms with Crippen LogP contribution in [0.4, 0.5) is 23.4 Å². The second-order valence-electron chi connectivity index (χ2n) is 6.34. The van der Waals surface area contributed by atoms with Gasteiger partial charge < -0.3 is 28.4 Å². The summed E-state index contributed by atoms with van der Waals surface area (Å²) in [6, 6.07) is 11.0. The van der Waals surface area contributed by atoms with Crippen molar-refractivity contribution in [2.45, 2.75) is 0 Å². The van der Waals surface area contributed by atoms with Gasteiger partial charge in [-0.1, -0.05) is 5.10 Å². The molecular formula is C21H21N5O5. The summed E-state index contributed by atoms with van der Waals surface area (Å²) in [5.74, 6) is 3.03. The number of benzene rings is 1. The van der Waals surface area contributed by atoms with E-state index in [1.54, 1.807) is 63.0 Å². The van der Waals surface area contributed by atoms with E-state index in [4.69, 9.17) is 23.0 Å². The number of rotatable bonds is 8. The Kier molecular flexibility index (Phi) is 5.61. The lowest BCUT2D eigenvalue weighted by Crippen LogP contribution is -2.11. The van der Waals surface area contributed by atoms with Crippen molar-refractivity contribution >= 4 is 23.4 Å². The number of anilines is 4. The monoisotopic (exact) mass is 423 g/mol. The number of nitrogens with one attached hydrogen (secondary N) is 1. The molecule has 4 rings (SSSR count). The van der Waals surface area contributed by atoms with Crippen LogP contribution < -0.4 is 24.4 Å². The van der Waals surface area contributed by atoms with Crippen LogP contribution in [-0.2, 0) is 0 Å². The molecule has 0 fully saturated rings. The van der Waals surface area contributed by atoms with Crippen LogP contribution >= 0.6 is 0 Å². The Morgan fingerprint density at radius 2 is 1.74 bits per heavy atom. The number of furan rings is 1. The average molecular weight is 423 g/mol. The average Bonchev–Trinajstić information content (AvgIpc) is 3.50. The van der Waals surface area contributed by atoms with Crippen molar-refractivity contribution in [1.82, 2.24) is 15.2 Å². The minimum absolute atomic E-state index is 0.194. The molecule has 0 aliphatic carbocycles. The zero-order chi connectivity index (χ0) is 21.8. The quantitative estimate of drug-likeness (QED) is 0.441. The number of pyridine rings is 1. The summed E-state index contributed by atoms with van der Waals surface area (Å²) in [5.41, 5.74) is 1.29. The van der Waals surface area contributed by atoms with Gasteiger partial charge in [-0.3, -0.25) is 4.90 Å². The van der Waals surface area contributed by atoms with Crippen LogP contribution in [0, 0.1) is 0 Å². The minimum atomic E-state index is 0.194. The van der Waals surface area contributed by atoms with E-state index in [0.29, 0.717) is 46.1 Å². The standard InChI is InChI=1S/C21H21N5O5/c1-26(17-8-6-10-30-17)19-14(7-5-9-22-19)20-24-25-21(31-20)23-13-11-15(27-2)18(29-4)16(12-13)28-3/h5-12H,1-4H3,(H,23,25). The van der Waals surface area contributed by atoms with Gasteiger partial charge in [-0.25, -0.2) is 4.98 Å². The summed E-state index contributed by atoms with van der Waals surface area (Å²) in [6.45, 7) is 0. The van der Waals surface area contributed by atoms with Crippen LogP contribution in [0.1, 0.15) is 0 Å². The first-order chi connectivity index (χ1) is 15.1. The maximum Gasteiger partial charge on any atom is 0.320 e. The van der Waals surface area contributed by atoms with Crippen molar-refractivity contribution in [3.63, 3.8) is 0 Å². The zero-order valence-corrected chi connectivity index (χ0v) is 17.4. The molecule has 0 bridgehead atoms. The van der Waals surface area contributed by atoms with Crippen LogP contribution in [0.2, 0.25) is 0 Å². The SMILES string of the molecule is COc1cc(Nc2nnc(-c3cccnc3N(C)c3ccco3)o2)cc(OC)c1OC. The molecule has 1 N–H and O–H groups in total. The fraction of sp³-hybridized carbons (Fsp3) is 0.190. The van der Waals surface area contributed by atoms with Gasteiger partial charge in [-0.05, 0) is 18.2 Å². The van der Waals surface area contributed by atoms with E-state index in [9.17, 15) is 0 Å². The molecule has 3 aromatic heterocycles. The number of methoxy groups -OCH3 is 3. The van der Waals surface area contributed by atoms with Crippen molar-refractivity contribution < 1.29 is 23.0 Å². The summed E-state index contributed by atoms with van der Waals surface area (Å²) in [7, 11) is 6.48. The van der Waals surface area contributed by atoms with Gasteiger partial charge in [0.1, 0.15) is 5.82 Å². The molecule has 0 atom stereocenters. The maximum absolute atomic E-state index is 5.84. The normalized spacial score (nSPS) is 10.6. The van der Waals surface area contributed by atoms with Crippen molar-refractivity contribution in [3.05, 3.63) is 48.9 Å². The van der Waals surface area contributed by atoms with Crippen LogP contribution in [-0.4, -0.2) is 43.6 Å². The predicted molar refractivity (Wildman–Crippen MR) is 114 cm³/mol. The van der Waals surface area contributed by atoms with Gasteiger partial charge in [-0.15, -0.1) is 5.10 Å². The maximum atomic E-state index is 5.84. The largest absolute Gasteiger partial charge is 0.493 e. The third-order valence-corrected chi connectivity index (χ3v) is 4.51. The lowest BCUT2D eigenvalue weighted by molar-refractivity contribution is 0.324. The molecule has 1 aromatic carbocycles. The van der Waals surface area contributed by atoms with E-state index >= 15 is 0 Å². The minimum Gasteiger partial charge on any atom is -0.493 e. The molecule has 0 spiro atoms. The molecule has 0 saturated carbocycles. The highest BCUT2D eigenvalue weighted by Crippen LogP contribution is 2.41. The van der Waals surface area contributed by atoms with Gasteiger partial charge in [0.05, 0.1) is 38.8 Å². The highest BCUT2D eigenvalue weighted by molar-refractivity contribution is 5.74. The highest BCUT2D eigenvalue weighted by Gasteiger charge is 2.19. The summed E-state index contributed by atoms with van der Waals surface area (Å²) in [5, 5.41) is 11.3. The van der Waals surface area contributed by atoms with Crippen LogP contribution in [0.25, 0.3) is 11.5 Å². The van der Waals surface area contributed by atoms with E-state index in [1.807, 2.05) is 19.2 Å². The van der Waals surface area contributed by atoms with Gasteiger partial charge >= 0.3 is 6.01 Å². The van der Waals surface area contributed by atoms with Gasteiger partial charge in [0.2, 0.25) is 11.6 Å². The number of hydrogen-bond donors (Lipinski definition) is 1.